The van der Waals surface area contributed by atoms with Crippen LogP contribution in [0.3, 0.4) is 0 Å². The van der Waals surface area contributed by atoms with Crippen LogP contribution in [0.4, 0.5) is 39.4 Å². The number of anilines is 3. The summed E-state index contributed by atoms with van der Waals surface area (Å²) in [7, 11) is 1.48. The van der Waals surface area contributed by atoms with Crippen molar-refractivity contribution in [2.24, 2.45) is 0 Å². The third-order valence-corrected chi connectivity index (χ3v) is 20.4. The van der Waals surface area contributed by atoms with Crippen molar-refractivity contribution < 1.29 is 55.5 Å². The lowest BCUT2D eigenvalue weighted by atomic mass is 10.0. The molecule has 3 atom stereocenters. The molecule has 6 amide bonds. The van der Waals surface area contributed by atoms with Gasteiger partial charge in [-0.25, -0.2) is 65.9 Å². The Hall–Kier alpha value is -14.1. The summed E-state index contributed by atoms with van der Waals surface area (Å²) >= 11 is 0. The summed E-state index contributed by atoms with van der Waals surface area (Å²) < 4.78 is 81.9. The average Bonchev–Trinajstić information content (AvgIpc) is 1.62. The molecule has 3 unspecified atom stereocenters. The predicted octanol–water partition coefficient (Wildman–Crippen LogP) is 11.1. The maximum Gasteiger partial charge on any atom is 0.255 e. The van der Waals surface area contributed by atoms with Crippen LogP contribution in [0, 0.1) is 36.0 Å². The molecular formula is C83H80F5N21O7. The number of fused-ring (bicyclic) bond motifs is 3. The Kier molecular flexibility index (Phi) is 24.3. The number of likely N-dealkylation sites (tertiary alicyclic amines) is 3. The fourth-order valence-corrected chi connectivity index (χ4v) is 14.4. The van der Waals surface area contributed by atoms with Crippen LogP contribution in [-0.2, 0) is 34.0 Å². The van der Waals surface area contributed by atoms with Gasteiger partial charge in [0.2, 0.25) is 17.7 Å². The predicted molar refractivity (Wildman–Crippen MR) is 425 cm³/mol. The van der Waals surface area contributed by atoms with Gasteiger partial charge in [0.05, 0.1) is 58.1 Å². The number of aromatic nitrogens is 12. The maximum atomic E-state index is 14.8. The van der Waals surface area contributed by atoms with E-state index in [2.05, 4.69) is 65.6 Å². The van der Waals surface area contributed by atoms with Gasteiger partial charge < -0.3 is 52.6 Å². The number of halogens is 5. The summed E-state index contributed by atoms with van der Waals surface area (Å²) in [5, 5.41) is 24.1. The third-order valence-electron chi connectivity index (χ3n) is 20.4. The Morgan fingerprint density at radius 1 is 0.466 bits per heavy atom. The lowest BCUT2D eigenvalue weighted by Gasteiger charge is -2.32. The number of carbonyl (C=O) groups excluding carboxylic acids is 6. The monoisotopic (exact) mass is 1580 g/mol. The number of aryl methyl sites for hydroxylation is 1. The van der Waals surface area contributed by atoms with Gasteiger partial charge in [-0.05, 0) is 148 Å². The van der Waals surface area contributed by atoms with E-state index < -0.39 is 46.5 Å². The summed E-state index contributed by atoms with van der Waals surface area (Å²) in [6.45, 7) is 15.6. The summed E-state index contributed by atoms with van der Waals surface area (Å²) in [5.41, 5.74) is 25.3. The summed E-state index contributed by atoms with van der Waals surface area (Å²) in [4.78, 5) is 105. The van der Waals surface area contributed by atoms with Crippen molar-refractivity contribution in [2.45, 2.75) is 83.2 Å². The zero-order valence-electron chi connectivity index (χ0n) is 63.2. The topological polar surface area (TPSA) is 366 Å². The maximum absolute atomic E-state index is 14.8. The molecule has 3 saturated heterocycles. The number of hydrogen-bond acceptors (Lipinski definition) is 19. The quantitative estimate of drug-likeness (QED) is 0.0323. The lowest BCUT2D eigenvalue weighted by molar-refractivity contribution is -0.128. The second-order valence-corrected chi connectivity index (χ2v) is 27.7. The summed E-state index contributed by atoms with van der Waals surface area (Å²) in [6, 6.07) is 30.0. The number of rotatable bonds is 19. The number of ether oxygens (including phenoxy) is 1. The molecule has 9 N–H and O–H groups in total. The molecule has 594 valence electrons. The van der Waals surface area contributed by atoms with Gasteiger partial charge in [-0.1, -0.05) is 68.3 Å². The number of hydrogen-bond donors (Lipinski definition) is 6. The molecule has 0 saturated carbocycles. The molecule has 0 spiro atoms. The van der Waals surface area contributed by atoms with Crippen molar-refractivity contribution in [3.63, 3.8) is 0 Å². The number of benzene rings is 6. The minimum atomic E-state index is -0.897. The minimum Gasteiger partial charge on any atom is -0.496 e. The van der Waals surface area contributed by atoms with Crippen molar-refractivity contribution in [2.75, 3.05) is 63.6 Å². The number of nitrogens with zero attached hydrogens (tertiary/aromatic N) is 15. The fraction of sp³-hybridized carbons (Fsp3) is 0.241. The van der Waals surface area contributed by atoms with Crippen LogP contribution < -0.4 is 37.9 Å². The molecule has 0 bridgehead atoms. The van der Waals surface area contributed by atoms with E-state index in [9.17, 15) is 50.7 Å². The molecule has 33 heteroatoms. The number of nitrogens with one attached hydrogen (secondary N) is 3. The lowest BCUT2D eigenvalue weighted by Crippen LogP contribution is -2.40. The van der Waals surface area contributed by atoms with E-state index in [1.54, 1.807) is 79.5 Å². The van der Waals surface area contributed by atoms with Crippen molar-refractivity contribution in [3.05, 3.63) is 246 Å². The molecule has 12 aromatic rings. The number of amides is 6. The van der Waals surface area contributed by atoms with E-state index in [0.29, 0.717) is 123 Å². The molecule has 0 radical (unpaired) electrons. The number of nitrogen functional groups attached to an aromatic ring is 3. The Morgan fingerprint density at radius 3 is 1.31 bits per heavy atom. The van der Waals surface area contributed by atoms with Crippen molar-refractivity contribution in [1.82, 2.24) is 89.9 Å². The Bertz CT molecular complexity index is 5820. The van der Waals surface area contributed by atoms with Gasteiger partial charge in [-0.15, -0.1) is 0 Å². The number of para-hydroxylation sites is 1. The van der Waals surface area contributed by atoms with Crippen molar-refractivity contribution in [1.29, 1.82) is 0 Å². The van der Waals surface area contributed by atoms with Gasteiger partial charge in [0.25, 0.3) is 17.7 Å². The van der Waals surface area contributed by atoms with Crippen LogP contribution >= 0.6 is 0 Å². The Labute approximate surface area is 661 Å². The van der Waals surface area contributed by atoms with E-state index in [-0.39, 0.29) is 89.7 Å². The van der Waals surface area contributed by atoms with E-state index in [4.69, 9.17) is 37.2 Å². The van der Waals surface area contributed by atoms with Crippen LogP contribution in [0.25, 0.3) is 66.9 Å². The highest BCUT2D eigenvalue weighted by molar-refractivity contribution is 6.02. The Balaban J connectivity index is 0.000000151. The first-order chi connectivity index (χ1) is 56.0. The SMILES string of the molecule is C=CC(=O)N1CCCC(n2nc(-c3ccc(CNC(=O)c4cccc(C)c4F)cc3)c3c(N)ncnc32)C1.C=CC(=O)N1CCCC(n2nc(-c3ccc(F)c(CNC(=O)c4cc(F)ccc4F)c3)c3c(N)ncnc32)C1.C=CC(=O)N1CCCC(n2nc(-c3ccc(F)c(CNC(=O)c4ccccc4OC)c3)c3c(N)ncnc32)C1. The summed E-state index contributed by atoms with van der Waals surface area (Å²) in [5.74, 6) is -4.27. The molecule has 9 heterocycles. The average molecular weight is 1580 g/mol. The number of methoxy groups -OCH3 is 1. The second kappa shape index (κ2) is 35.3. The van der Waals surface area contributed by atoms with Crippen LogP contribution in [-0.4, -0.2) is 156 Å². The highest BCUT2D eigenvalue weighted by Crippen LogP contribution is 2.39. The number of carbonyl (C=O) groups is 6. The number of piperidine rings is 3. The molecule has 15 rings (SSSR count). The molecule has 6 aromatic heterocycles. The first-order valence-corrected chi connectivity index (χ1v) is 37.1. The summed E-state index contributed by atoms with van der Waals surface area (Å²) in [6.07, 6.45) is 12.8. The van der Waals surface area contributed by atoms with Crippen molar-refractivity contribution in [3.8, 4) is 39.5 Å². The van der Waals surface area contributed by atoms with Gasteiger partial charge in [0, 0.05) is 86.7 Å². The van der Waals surface area contributed by atoms with Crippen LogP contribution in [0.1, 0.15) is 110 Å². The smallest absolute Gasteiger partial charge is 0.255 e. The largest absolute Gasteiger partial charge is 0.496 e. The molecule has 28 nitrogen and oxygen atoms in total. The van der Waals surface area contributed by atoms with Crippen molar-refractivity contribution >= 4 is 86.0 Å². The van der Waals surface area contributed by atoms with Crippen LogP contribution in [0.15, 0.2) is 178 Å². The molecule has 3 aliphatic rings. The number of nitrogens with two attached hydrogens (primary N) is 3. The second-order valence-electron chi connectivity index (χ2n) is 27.7. The van der Waals surface area contributed by atoms with Gasteiger partial charge in [-0.2, -0.15) is 15.3 Å². The first-order valence-electron chi connectivity index (χ1n) is 37.1. The highest BCUT2D eigenvalue weighted by atomic mass is 19.1. The molecular weight excluding hydrogens is 1500 g/mol. The van der Waals surface area contributed by atoms with E-state index in [0.717, 1.165) is 67.9 Å². The molecule has 0 aliphatic carbocycles. The van der Waals surface area contributed by atoms with Gasteiger partial charge >= 0.3 is 0 Å². The zero-order chi connectivity index (χ0) is 82.0. The molecule has 3 aliphatic heterocycles. The van der Waals surface area contributed by atoms with Gasteiger partial charge in [-0.3, -0.25) is 28.8 Å². The third kappa shape index (κ3) is 17.1. The van der Waals surface area contributed by atoms with E-state index >= 15 is 0 Å². The normalized spacial score (nSPS) is 15.3. The zero-order valence-corrected chi connectivity index (χ0v) is 63.2. The van der Waals surface area contributed by atoms with E-state index in [1.165, 1.54) is 74.7 Å². The minimum absolute atomic E-state index is 0.0187. The van der Waals surface area contributed by atoms with Gasteiger partial charge in [0.1, 0.15) is 88.4 Å². The molecule has 6 aromatic carbocycles. The Morgan fingerprint density at radius 2 is 0.862 bits per heavy atom. The van der Waals surface area contributed by atoms with Crippen LogP contribution in [0.5, 0.6) is 5.75 Å². The van der Waals surface area contributed by atoms with Gasteiger partial charge in [0.15, 0.2) is 16.9 Å². The fourth-order valence-electron chi connectivity index (χ4n) is 14.4. The first kappa shape index (κ1) is 79.9. The van der Waals surface area contributed by atoms with Crippen LogP contribution in [0.2, 0.25) is 0 Å². The van der Waals surface area contributed by atoms with E-state index in [1.807, 2.05) is 28.9 Å². The molecule has 3 fully saturated rings. The molecule has 116 heavy (non-hydrogen) atoms. The highest BCUT2D eigenvalue weighted by Gasteiger charge is 2.33. The standard InChI is InChI=1S/C28H28FN7O3.C28H28FN7O2.C27H24F3N7O2/c1-3-23(37)35-12-6-7-19(15-35)36-27-24(26(30)32-16-33-27)25(34-36)17-10-11-21(29)18(13-17)14-31-28(38)20-8-4-5-9-22(20)39-2;1-3-22(37)35-13-5-7-20(15-35)36-27-23(26(30)32-16-33-27)25(34-36)19-11-9-18(10-12-19)14-31-28(38)21-8-4-6-17(2)24(21)29;1-2-22(38)36-9-3-4-18(13-36)37-26-23(25(31)33-14-34-26)24(35-37)15-5-7-20(29)16(10-15)12-32-27(39)19-11-17(28)6-8-21(19)30/h3-5,8-11,13,16,19H,1,6-7,12,14-15H2,2H3,(H,31,38)(H2,30,32,33);3-4,6,8-12,16,20H,1,5,7,13-15H2,2H3,(H,31,38)(H2,30,32,33);2,5-8,10-11,14,18H,1,3-4,9,12-13H2,(H,32,39)(H2,31,33,34).